The third kappa shape index (κ3) is 11.7. The summed E-state index contributed by atoms with van der Waals surface area (Å²) >= 11 is 0. The average Bonchev–Trinajstić information content (AvgIpc) is 3.78. The van der Waals surface area contributed by atoms with Crippen LogP contribution in [0.4, 0.5) is 10.5 Å². The first kappa shape index (κ1) is 55.3. The zero-order valence-corrected chi connectivity index (χ0v) is 41.5. The largest absolute Gasteiger partial charge is 0.490 e. The number of H-pyrrole nitrogens is 1. The summed E-state index contributed by atoms with van der Waals surface area (Å²) in [5.74, 6) is -4.14. The summed E-state index contributed by atoms with van der Waals surface area (Å²) in [4.78, 5) is 88.9. The number of hydrogen-bond donors (Lipinski definition) is 11. The SMILES string of the molecule is CC(C)(NCC(O)COc1cccc2[nH]c3ccccc3c12)c1ccc(N=[N+]=[N-])cc1.CO[C@@]12[C@H](COC(N)=O)C3=C(C(=O)C(C)=C(N)C3=O)N1C[C@@H]1N[C@@H]12.C[C@H](N)C(=O)N[C@@H](C)C(=O)N[C@@H](CC(N)=O)C(=O)O. The number of para-hydroxylation sites is 1. The minimum Gasteiger partial charge on any atom is -0.490 e. The number of fused-ring (bicyclic) bond motifs is 7. The topological polar surface area (TPSA) is 418 Å². The molecule has 0 bridgehead atoms. The van der Waals surface area contributed by atoms with Gasteiger partial charge in [0.2, 0.25) is 29.3 Å². The predicted molar refractivity (Wildman–Crippen MR) is 268 cm³/mol. The van der Waals surface area contributed by atoms with E-state index in [0.717, 1.165) is 33.1 Å². The van der Waals surface area contributed by atoms with E-state index >= 15 is 0 Å². The van der Waals surface area contributed by atoms with Crippen molar-refractivity contribution in [3.63, 3.8) is 0 Å². The Morgan fingerprint density at radius 1 is 0.986 bits per heavy atom. The molecule has 1 aliphatic carbocycles. The van der Waals surface area contributed by atoms with Crippen LogP contribution in [0.1, 0.15) is 46.6 Å². The third-order valence-electron chi connectivity index (χ3n) is 13.1. The third-order valence-corrected chi connectivity index (χ3v) is 13.1. The second-order valence-electron chi connectivity index (χ2n) is 18.6. The number of carboxylic acid groups (broad SMARTS) is 1. The molecule has 4 amide bonds. The van der Waals surface area contributed by atoms with E-state index < -0.39 is 77.9 Å². The average molecular weight is 1020 g/mol. The minimum atomic E-state index is -1.43. The standard InChI is InChI=1S/C24H25N5O2.C15H18N4O5.C10H18N4O5/c1-24(2,16-10-12-17(13-11-16)28-29-25)26-14-18(30)15-31-22-9-5-8-21-23(22)19-6-3-4-7-20(19)27-21;1-5-9(16)12(21)8-6(4-24-14(17)22)15(23-2)13-7(18-13)3-19(15)10(8)11(5)20;1-4(11)8(16)13-5(2)9(17)14-6(10(18)19)3-7(12)15/h3-13,18,26-27,30H,14-15H2,1-2H3;6-7,13,18H,3-4,16H2,1-2H3,(H2,17,22);4-6H,3,11H2,1-2H3,(H2,12,15)(H,13,16)(H,14,17)(H,18,19)/t;6-,7+,13+,15-;4-,5-,6-/m.10/s1. The zero-order valence-electron chi connectivity index (χ0n) is 41.5. The van der Waals surface area contributed by atoms with Crippen molar-refractivity contribution in [2.75, 3.05) is 33.4 Å². The zero-order chi connectivity index (χ0) is 54.4. The first-order valence-electron chi connectivity index (χ1n) is 23.4. The maximum absolute atomic E-state index is 12.8. The fraction of sp³-hybridized carbons (Fsp3) is 0.408. The minimum absolute atomic E-state index is 0.0586. The Hall–Kier alpha value is -8.06. The molecule has 3 aromatic carbocycles. The summed E-state index contributed by atoms with van der Waals surface area (Å²) in [5, 5.41) is 36.1. The molecule has 2 saturated heterocycles. The highest BCUT2D eigenvalue weighted by Crippen LogP contribution is 2.55. The maximum Gasteiger partial charge on any atom is 0.404 e. The molecule has 1 unspecified atom stereocenters. The van der Waals surface area contributed by atoms with Crippen molar-refractivity contribution in [2.45, 2.75) is 88.6 Å². The number of methoxy groups -OCH3 is 1. The number of primary amides is 2. The molecule has 0 saturated carbocycles. The van der Waals surface area contributed by atoms with Gasteiger partial charge in [0.25, 0.3) is 0 Å². The molecule has 4 heterocycles. The first-order valence-corrected chi connectivity index (χ1v) is 23.4. The Labute approximate surface area is 423 Å². The fourth-order valence-corrected chi connectivity index (χ4v) is 9.12. The number of allylic oxidation sites excluding steroid dienone is 2. The van der Waals surface area contributed by atoms with Crippen LogP contribution < -0.4 is 48.9 Å². The van der Waals surface area contributed by atoms with Gasteiger partial charge in [0.05, 0.1) is 41.3 Å². The maximum atomic E-state index is 12.8. The number of Topliss-reactive ketones (excluding diaryl/α,β-unsaturated/α-hetero) is 2. The van der Waals surface area contributed by atoms with E-state index in [9.17, 15) is 38.7 Å². The lowest BCUT2D eigenvalue weighted by Gasteiger charge is -2.39. The molecule has 74 heavy (non-hydrogen) atoms. The van der Waals surface area contributed by atoms with Crippen LogP contribution in [-0.2, 0) is 43.8 Å². The summed E-state index contributed by atoms with van der Waals surface area (Å²) in [6, 6.07) is 18.3. The van der Waals surface area contributed by atoms with Crippen LogP contribution >= 0.6 is 0 Å². The number of hydrogen-bond acceptors (Lipinski definition) is 17. The number of amides is 4. The van der Waals surface area contributed by atoms with Crippen molar-refractivity contribution in [2.24, 2.45) is 34.0 Å². The number of aliphatic hydroxyl groups excluding tert-OH is 1. The number of carbonyl (C=O) groups excluding carboxylic acids is 6. The normalized spacial score (nSPS) is 21.0. The lowest BCUT2D eigenvalue weighted by atomic mass is 9.82. The molecule has 394 valence electrons. The van der Waals surface area contributed by atoms with Crippen molar-refractivity contribution >= 4 is 68.8 Å². The molecule has 2 fully saturated rings. The lowest BCUT2D eigenvalue weighted by Crippen LogP contribution is -2.55. The Kier molecular flexibility index (Phi) is 17.0. The van der Waals surface area contributed by atoms with Crippen LogP contribution in [0.25, 0.3) is 32.2 Å². The summed E-state index contributed by atoms with van der Waals surface area (Å²) in [6.45, 7) is 9.34. The molecule has 4 aromatic rings. The number of ether oxygens (including phenoxy) is 3. The van der Waals surface area contributed by atoms with Crippen LogP contribution in [0.15, 0.2) is 94.4 Å². The van der Waals surface area contributed by atoms with E-state index in [4.69, 9.17) is 47.8 Å². The molecular weight excluding hydrogens is 963 g/mol. The molecule has 3 aliphatic heterocycles. The first-order chi connectivity index (χ1) is 35.0. The number of nitrogens with two attached hydrogens (primary N) is 4. The molecule has 15 N–H and O–H groups in total. The van der Waals surface area contributed by atoms with E-state index in [-0.39, 0.29) is 53.5 Å². The van der Waals surface area contributed by atoms with Gasteiger partial charge >= 0.3 is 12.1 Å². The number of carboxylic acids is 1. The van der Waals surface area contributed by atoms with E-state index in [0.29, 0.717) is 24.5 Å². The Bertz CT molecular complexity index is 2970. The van der Waals surface area contributed by atoms with Gasteiger partial charge in [0, 0.05) is 69.8 Å². The predicted octanol–water partition coefficient (Wildman–Crippen LogP) is 1.16. The molecule has 0 radical (unpaired) electrons. The molecule has 8 atom stereocenters. The highest BCUT2D eigenvalue weighted by molar-refractivity contribution is 6.25. The Balaban J connectivity index is 0.000000187. The number of azide groups is 1. The van der Waals surface area contributed by atoms with Crippen molar-refractivity contribution in [3.05, 3.63) is 105 Å². The number of aliphatic carboxylic acids is 1. The number of nitrogens with zero attached hydrogens (tertiary/aromatic N) is 4. The van der Waals surface area contributed by atoms with E-state index in [2.05, 4.69) is 42.3 Å². The molecule has 25 nitrogen and oxygen atoms in total. The Morgan fingerprint density at radius 2 is 1.66 bits per heavy atom. The van der Waals surface area contributed by atoms with Gasteiger partial charge in [-0.15, -0.1) is 0 Å². The molecule has 0 spiro atoms. The van der Waals surface area contributed by atoms with Crippen molar-refractivity contribution in [1.29, 1.82) is 0 Å². The number of nitrogens with one attached hydrogen (secondary N) is 5. The van der Waals surface area contributed by atoms with Crippen LogP contribution in [0.3, 0.4) is 0 Å². The summed E-state index contributed by atoms with van der Waals surface area (Å²) in [7, 11) is 1.52. The number of benzene rings is 3. The highest BCUT2D eigenvalue weighted by atomic mass is 16.6. The van der Waals surface area contributed by atoms with Crippen LogP contribution in [0.5, 0.6) is 5.75 Å². The quantitative estimate of drug-likeness (QED) is 0.0219. The molecule has 8 rings (SSSR count). The number of rotatable bonds is 18. The van der Waals surface area contributed by atoms with Gasteiger partial charge in [-0.05, 0) is 63.9 Å². The van der Waals surface area contributed by atoms with Crippen molar-refractivity contribution in [3.8, 4) is 5.75 Å². The monoisotopic (exact) mass is 1020 g/mol. The molecular formula is C49H61N13O12. The van der Waals surface area contributed by atoms with Crippen LogP contribution in [0.2, 0.25) is 0 Å². The van der Waals surface area contributed by atoms with E-state index in [1.165, 1.54) is 27.9 Å². The second-order valence-corrected chi connectivity index (χ2v) is 18.6. The van der Waals surface area contributed by atoms with Crippen LogP contribution in [-0.4, -0.2) is 137 Å². The van der Waals surface area contributed by atoms with Gasteiger partial charge in [-0.25, -0.2) is 9.59 Å². The van der Waals surface area contributed by atoms with Crippen molar-refractivity contribution < 1.29 is 58.0 Å². The molecule has 1 aromatic heterocycles. The summed E-state index contributed by atoms with van der Waals surface area (Å²) in [5.41, 5.74) is 32.7. The summed E-state index contributed by atoms with van der Waals surface area (Å²) < 4.78 is 16.8. The van der Waals surface area contributed by atoms with Gasteiger partial charge in [0.15, 0.2) is 5.72 Å². The number of aromatic amines is 1. The van der Waals surface area contributed by atoms with Gasteiger partial charge in [-0.3, -0.25) is 24.0 Å². The van der Waals surface area contributed by atoms with Crippen molar-refractivity contribution in [1.82, 2.24) is 31.2 Å². The van der Waals surface area contributed by atoms with Gasteiger partial charge in [-0.2, -0.15) is 0 Å². The number of aliphatic hydroxyl groups is 1. The number of ketones is 2. The van der Waals surface area contributed by atoms with Gasteiger partial charge in [0.1, 0.15) is 37.2 Å². The van der Waals surface area contributed by atoms with Crippen LogP contribution in [0, 0.1) is 5.92 Å². The number of carbonyl (C=O) groups is 7. The Morgan fingerprint density at radius 3 is 2.28 bits per heavy atom. The summed E-state index contributed by atoms with van der Waals surface area (Å²) in [6.07, 6.45) is -2.16. The number of aromatic nitrogens is 1. The van der Waals surface area contributed by atoms with E-state index in [1.807, 2.05) is 67.3 Å². The van der Waals surface area contributed by atoms with Gasteiger partial charge in [-0.1, -0.05) is 53.6 Å². The highest BCUT2D eigenvalue weighted by Gasteiger charge is 2.72. The number of piperazine rings is 1. The molecule has 4 aliphatic rings. The lowest BCUT2D eigenvalue weighted by molar-refractivity contribution is -0.143. The van der Waals surface area contributed by atoms with E-state index in [1.54, 1.807) is 12.1 Å². The second kappa shape index (κ2) is 22.8. The van der Waals surface area contributed by atoms with Gasteiger partial charge < -0.3 is 78.5 Å². The fourth-order valence-electron chi connectivity index (χ4n) is 9.12. The smallest absolute Gasteiger partial charge is 0.404 e. The molecule has 25 heteroatoms.